The third kappa shape index (κ3) is 6.74. The molecule has 0 fully saturated rings. The highest BCUT2D eigenvalue weighted by Crippen LogP contribution is 2.20. The highest BCUT2D eigenvalue weighted by Gasteiger charge is 2.30. The van der Waals surface area contributed by atoms with E-state index in [4.69, 9.17) is 0 Å². The van der Waals surface area contributed by atoms with E-state index in [1.807, 2.05) is 0 Å². The van der Waals surface area contributed by atoms with Crippen LogP contribution in [0.4, 0.5) is 14.5 Å². The molecule has 10 heteroatoms. The van der Waals surface area contributed by atoms with Crippen LogP contribution < -0.4 is 9.62 Å². The molecule has 0 aliphatic rings. The number of halogens is 2. The number of benzene rings is 2. The maximum atomic E-state index is 14.3. The topological polar surface area (TPSA) is 86.8 Å². The molecule has 0 saturated carbocycles. The fourth-order valence-electron chi connectivity index (χ4n) is 3.04. The second-order valence-corrected chi connectivity index (χ2v) is 9.61. The van der Waals surface area contributed by atoms with Gasteiger partial charge in [-0.2, -0.15) is 0 Å². The minimum atomic E-state index is -3.96. The second-order valence-electron chi connectivity index (χ2n) is 7.70. The van der Waals surface area contributed by atoms with Crippen molar-refractivity contribution in [2.24, 2.45) is 0 Å². The number of nitrogens with zero attached hydrogens (tertiary/aromatic N) is 2. The monoisotopic (exact) mass is 467 g/mol. The Hall–Kier alpha value is -3.01. The molecule has 2 aromatic carbocycles. The lowest BCUT2D eigenvalue weighted by Gasteiger charge is -2.32. The average Bonchev–Trinajstić information content (AvgIpc) is 2.69. The van der Waals surface area contributed by atoms with Crippen molar-refractivity contribution >= 4 is 27.5 Å². The summed E-state index contributed by atoms with van der Waals surface area (Å²) in [7, 11) is -3.96. The number of carbonyl (C=O) groups excluding carboxylic acids is 2. The van der Waals surface area contributed by atoms with Crippen LogP contribution >= 0.6 is 0 Å². The van der Waals surface area contributed by atoms with Crippen LogP contribution in [0.25, 0.3) is 0 Å². The molecular formula is C22H27F2N3O4S. The Labute approximate surface area is 187 Å². The maximum Gasteiger partial charge on any atom is 0.244 e. The summed E-state index contributed by atoms with van der Waals surface area (Å²) in [4.78, 5) is 26.9. The third-order valence-electron chi connectivity index (χ3n) is 4.67. The van der Waals surface area contributed by atoms with Crippen LogP contribution in [-0.2, 0) is 26.2 Å². The lowest BCUT2D eigenvalue weighted by Crippen LogP contribution is -2.52. The van der Waals surface area contributed by atoms with E-state index in [0.717, 1.165) is 27.6 Å². The summed E-state index contributed by atoms with van der Waals surface area (Å²) >= 11 is 0. The second kappa shape index (κ2) is 10.5. The minimum Gasteiger partial charge on any atom is -0.352 e. The summed E-state index contributed by atoms with van der Waals surface area (Å²) in [5.74, 6) is -2.45. The van der Waals surface area contributed by atoms with Crippen LogP contribution in [0.1, 0.15) is 26.3 Å². The Morgan fingerprint density at radius 2 is 1.69 bits per heavy atom. The molecule has 174 valence electrons. The predicted molar refractivity (Wildman–Crippen MR) is 118 cm³/mol. The van der Waals surface area contributed by atoms with Crippen molar-refractivity contribution in [2.75, 3.05) is 17.1 Å². The zero-order chi connectivity index (χ0) is 24.1. The zero-order valence-corrected chi connectivity index (χ0v) is 19.2. The van der Waals surface area contributed by atoms with Gasteiger partial charge in [-0.1, -0.05) is 24.3 Å². The van der Waals surface area contributed by atoms with Gasteiger partial charge in [0.15, 0.2) is 0 Å². The average molecular weight is 468 g/mol. The normalized spacial score (nSPS) is 12.3. The Morgan fingerprint density at radius 1 is 1.03 bits per heavy atom. The van der Waals surface area contributed by atoms with Gasteiger partial charge in [0.1, 0.15) is 24.2 Å². The summed E-state index contributed by atoms with van der Waals surface area (Å²) < 4.78 is 53.4. The highest BCUT2D eigenvalue weighted by atomic mass is 32.2. The van der Waals surface area contributed by atoms with Gasteiger partial charge in [0, 0.05) is 18.2 Å². The molecule has 0 radical (unpaired) electrons. The molecule has 2 amide bonds. The number of anilines is 1. The summed E-state index contributed by atoms with van der Waals surface area (Å²) in [5.41, 5.74) is 0.132. The smallest absolute Gasteiger partial charge is 0.244 e. The molecule has 0 aliphatic heterocycles. The number of hydrogen-bond acceptors (Lipinski definition) is 4. The van der Waals surface area contributed by atoms with Gasteiger partial charge < -0.3 is 10.2 Å². The van der Waals surface area contributed by atoms with Crippen molar-refractivity contribution in [3.05, 3.63) is 65.7 Å². The molecule has 0 aliphatic carbocycles. The van der Waals surface area contributed by atoms with Crippen LogP contribution in [0.5, 0.6) is 0 Å². The van der Waals surface area contributed by atoms with E-state index in [1.165, 1.54) is 37.3 Å². The summed E-state index contributed by atoms with van der Waals surface area (Å²) in [6.45, 7) is 4.05. The van der Waals surface area contributed by atoms with E-state index in [1.54, 1.807) is 19.9 Å². The van der Waals surface area contributed by atoms with Crippen LogP contribution in [0.15, 0.2) is 48.5 Å². The van der Waals surface area contributed by atoms with Gasteiger partial charge in [-0.25, -0.2) is 17.2 Å². The fourth-order valence-corrected chi connectivity index (χ4v) is 3.88. The molecule has 32 heavy (non-hydrogen) atoms. The maximum absolute atomic E-state index is 14.3. The number of amides is 2. The van der Waals surface area contributed by atoms with Crippen molar-refractivity contribution < 1.29 is 26.8 Å². The molecule has 0 bridgehead atoms. The molecule has 1 N–H and O–H groups in total. The van der Waals surface area contributed by atoms with Gasteiger partial charge in [-0.15, -0.1) is 0 Å². The molecule has 0 saturated heterocycles. The largest absolute Gasteiger partial charge is 0.352 e. The van der Waals surface area contributed by atoms with E-state index in [2.05, 4.69) is 5.32 Å². The zero-order valence-electron chi connectivity index (χ0n) is 18.4. The highest BCUT2D eigenvalue weighted by molar-refractivity contribution is 7.92. The third-order valence-corrected chi connectivity index (χ3v) is 5.81. The molecule has 2 aromatic rings. The Balaban J connectivity index is 2.40. The van der Waals surface area contributed by atoms with E-state index in [-0.39, 0.29) is 23.8 Å². The van der Waals surface area contributed by atoms with E-state index >= 15 is 0 Å². The summed E-state index contributed by atoms with van der Waals surface area (Å²) in [5, 5.41) is 2.69. The number of rotatable bonds is 9. The van der Waals surface area contributed by atoms with Crippen molar-refractivity contribution in [2.45, 2.75) is 39.4 Å². The Morgan fingerprint density at radius 3 is 2.25 bits per heavy atom. The van der Waals surface area contributed by atoms with E-state index < -0.39 is 46.1 Å². The van der Waals surface area contributed by atoms with Crippen molar-refractivity contribution in [3.63, 3.8) is 0 Å². The van der Waals surface area contributed by atoms with Crippen LogP contribution in [0, 0.1) is 11.6 Å². The number of sulfonamides is 1. The standard InChI is InChI=1S/C22H27F2N3O4S/c1-15(2)25-22(29)16(3)26(13-17-8-5-6-11-20(17)24)21(28)14-27(32(4,30)31)19-10-7-9-18(23)12-19/h5-12,15-16H,13-14H2,1-4H3,(H,25,29)/t16-/m0/s1. The Kier molecular flexibility index (Phi) is 8.31. The van der Waals surface area contributed by atoms with Gasteiger partial charge in [-0.05, 0) is 45.0 Å². The van der Waals surface area contributed by atoms with Crippen molar-refractivity contribution in [3.8, 4) is 0 Å². The van der Waals surface area contributed by atoms with Crippen molar-refractivity contribution in [1.82, 2.24) is 10.2 Å². The number of carbonyl (C=O) groups is 2. The molecule has 7 nitrogen and oxygen atoms in total. The van der Waals surface area contributed by atoms with Gasteiger partial charge in [0.25, 0.3) is 0 Å². The number of hydrogen-bond donors (Lipinski definition) is 1. The molecule has 0 aromatic heterocycles. The van der Waals surface area contributed by atoms with Crippen LogP contribution in [0.2, 0.25) is 0 Å². The number of nitrogens with one attached hydrogen (secondary N) is 1. The van der Waals surface area contributed by atoms with Crippen molar-refractivity contribution in [1.29, 1.82) is 0 Å². The van der Waals surface area contributed by atoms with Crippen LogP contribution in [-0.4, -0.2) is 50.0 Å². The first-order valence-corrected chi connectivity index (χ1v) is 11.8. The minimum absolute atomic E-state index is 0.0361. The summed E-state index contributed by atoms with van der Waals surface area (Å²) in [6.07, 6.45) is 0.890. The summed E-state index contributed by atoms with van der Waals surface area (Å²) in [6, 6.07) is 9.39. The van der Waals surface area contributed by atoms with E-state index in [9.17, 15) is 26.8 Å². The molecule has 2 rings (SSSR count). The van der Waals surface area contributed by atoms with Gasteiger partial charge >= 0.3 is 0 Å². The molecule has 0 heterocycles. The fraction of sp³-hybridized carbons (Fsp3) is 0.364. The van der Waals surface area contributed by atoms with Gasteiger partial charge in [-0.3, -0.25) is 13.9 Å². The molecular weight excluding hydrogens is 440 g/mol. The SMILES string of the molecule is CC(C)NC(=O)[C@H](C)N(Cc1ccccc1F)C(=O)CN(c1cccc(F)c1)S(C)(=O)=O. The first-order chi connectivity index (χ1) is 14.9. The lowest BCUT2D eigenvalue weighted by molar-refractivity contribution is -0.139. The Bertz CT molecular complexity index is 1080. The molecule has 0 spiro atoms. The predicted octanol–water partition coefficient (Wildman–Crippen LogP) is 2.67. The molecule has 1 atom stereocenters. The lowest BCUT2D eigenvalue weighted by atomic mass is 10.1. The molecule has 0 unspecified atom stereocenters. The van der Waals surface area contributed by atoms with E-state index in [0.29, 0.717) is 0 Å². The first kappa shape index (κ1) is 25.3. The first-order valence-electron chi connectivity index (χ1n) is 9.96. The quantitative estimate of drug-likeness (QED) is 0.614. The van der Waals surface area contributed by atoms with Crippen LogP contribution in [0.3, 0.4) is 0 Å². The van der Waals surface area contributed by atoms with Gasteiger partial charge in [0.2, 0.25) is 21.8 Å². The van der Waals surface area contributed by atoms with Gasteiger partial charge in [0.05, 0.1) is 11.9 Å².